The van der Waals surface area contributed by atoms with E-state index in [4.69, 9.17) is 0 Å². The van der Waals surface area contributed by atoms with Crippen molar-refractivity contribution >= 4 is 32.6 Å². The van der Waals surface area contributed by atoms with Gasteiger partial charge in [-0.2, -0.15) is 9.82 Å². The number of hydrogen-bond donors (Lipinski definition) is 3. The van der Waals surface area contributed by atoms with E-state index in [1.807, 2.05) is 20.8 Å². The summed E-state index contributed by atoms with van der Waals surface area (Å²) < 4.78 is 28.8. The van der Waals surface area contributed by atoms with E-state index in [0.717, 1.165) is 10.2 Å². The molecule has 0 aliphatic rings. The molecular weight excluding hydrogens is 470 g/mol. The molecule has 3 aromatic rings. The van der Waals surface area contributed by atoms with E-state index in [1.54, 1.807) is 43.3 Å². The zero-order valence-electron chi connectivity index (χ0n) is 20.2. The summed E-state index contributed by atoms with van der Waals surface area (Å²) in [6.07, 6.45) is 0. The van der Waals surface area contributed by atoms with Crippen LogP contribution in [0.1, 0.15) is 50.7 Å². The predicted octanol–water partition coefficient (Wildman–Crippen LogP) is 1.84. The molecule has 0 fully saturated rings. The first-order valence-corrected chi connectivity index (χ1v) is 12.6. The fourth-order valence-electron chi connectivity index (χ4n) is 3.39. The second-order valence-electron chi connectivity index (χ2n) is 9.08. The molecule has 186 valence electrons. The molecule has 0 saturated heterocycles. The molecule has 2 amide bonds. The summed E-state index contributed by atoms with van der Waals surface area (Å²) in [5, 5.41) is 4.75. The zero-order valence-corrected chi connectivity index (χ0v) is 21.1. The lowest BCUT2D eigenvalue weighted by Gasteiger charge is -2.19. The average molecular weight is 500 g/mol. The standard InChI is InChI=1S/C24H29N5O5S/c1-6-29-23(32)19-10-8-7-9-18(19)20(27-29)22(31)26-25-21(30)15(2)28-35(33,34)17-13-11-16(12-14-17)24(3,4)5/h7-15,28H,6H2,1-5H3,(H,25,30)(H,26,31)/t15-/m1/s1. The molecule has 1 aromatic heterocycles. The van der Waals surface area contributed by atoms with Crippen molar-refractivity contribution in [1.29, 1.82) is 0 Å². The lowest BCUT2D eigenvalue weighted by atomic mass is 9.87. The molecule has 0 spiro atoms. The highest BCUT2D eigenvalue weighted by Crippen LogP contribution is 2.23. The van der Waals surface area contributed by atoms with Crippen LogP contribution in [0.25, 0.3) is 10.8 Å². The topological polar surface area (TPSA) is 139 Å². The van der Waals surface area contributed by atoms with Gasteiger partial charge in [0.1, 0.15) is 0 Å². The number of fused-ring (bicyclic) bond motifs is 1. The summed E-state index contributed by atoms with van der Waals surface area (Å²) in [5.41, 5.74) is 4.91. The number of aryl methyl sites for hydroxylation is 1. The first kappa shape index (κ1) is 26.0. The third kappa shape index (κ3) is 5.75. The van der Waals surface area contributed by atoms with Crippen LogP contribution in [0.3, 0.4) is 0 Å². The van der Waals surface area contributed by atoms with Crippen LogP contribution >= 0.6 is 0 Å². The second-order valence-corrected chi connectivity index (χ2v) is 10.8. The summed E-state index contributed by atoms with van der Waals surface area (Å²) in [6.45, 7) is 9.39. The van der Waals surface area contributed by atoms with Crippen LogP contribution in [0.15, 0.2) is 58.2 Å². The smallest absolute Gasteiger partial charge is 0.271 e. The van der Waals surface area contributed by atoms with Crippen molar-refractivity contribution in [3.63, 3.8) is 0 Å². The lowest BCUT2D eigenvalue weighted by Crippen LogP contribution is -2.51. The summed E-state index contributed by atoms with van der Waals surface area (Å²) >= 11 is 0. The van der Waals surface area contributed by atoms with Gasteiger partial charge in [0.2, 0.25) is 10.0 Å². The van der Waals surface area contributed by atoms with Crippen molar-refractivity contribution in [3.8, 4) is 0 Å². The highest BCUT2D eigenvalue weighted by Gasteiger charge is 2.24. The Labute approximate surface area is 203 Å². The number of rotatable bonds is 6. The van der Waals surface area contributed by atoms with E-state index in [9.17, 15) is 22.8 Å². The normalized spacial score (nSPS) is 12.8. The molecule has 0 saturated carbocycles. The molecule has 0 radical (unpaired) electrons. The minimum absolute atomic E-state index is 0.0201. The van der Waals surface area contributed by atoms with Crippen molar-refractivity contribution in [2.24, 2.45) is 0 Å². The van der Waals surface area contributed by atoms with E-state index in [-0.39, 0.29) is 28.1 Å². The van der Waals surface area contributed by atoms with Gasteiger partial charge in [-0.05, 0) is 43.0 Å². The number of sulfonamides is 1. The Bertz CT molecular complexity index is 1420. The number of hydrogen-bond acceptors (Lipinski definition) is 6. The number of carbonyl (C=O) groups is 2. The average Bonchev–Trinajstić information content (AvgIpc) is 2.82. The number of amides is 2. The molecule has 3 N–H and O–H groups in total. The van der Waals surface area contributed by atoms with Crippen LogP contribution in [-0.4, -0.2) is 36.1 Å². The number of nitrogens with zero attached hydrogens (tertiary/aromatic N) is 2. The SMILES string of the molecule is CCn1nc(C(=O)NNC(=O)[C@@H](C)NS(=O)(=O)c2ccc(C(C)(C)C)cc2)c2ccccc2c1=O. The van der Waals surface area contributed by atoms with Gasteiger partial charge in [-0.1, -0.05) is 51.1 Å². The summed E-state index contributed by atoms with van der Waals surface area (Å²) in [5.74, 6) is -1.52. The number of hydrazine groups is 1. The second kappa shape index (κ2) is 9.96. The fourth-order valence-corrected chi connectivity index (χ4v) is 4.59. The Kier molecular flexibility index (Phi) is 7.41. The lowest BCUT2D eigenvalue weighted by molar-refractivity contribution is -0.123. The van der Waals surface area contributed by atoms with Gasteiger partial charge >= 0.3 is 0 Å². The van der Waals surface area contributed by atoms with Crippen LogP contribution < -0.4 is 21.1 Å². The van der Waals surface area contributed by atoms with Gasteiger partial charge in [0, 0.05) is 11.9 Å². The van der Waals surface area contributed by atoms with Crippen LogP contribution in [0.5, 0.6) is 0 Å². The molecule has 3 rings (SSSR count). The van der Waals surface area contributed by atoms with Gasteiger partial charge in [-0.3, -0.25) is 25.2 Å². The van der Waals surface area contributed by atoms with E-state index in [0.29, 0.717) is 10.8 Å². The van der Waals surface area contributed by atoms with Gasteiger partial charge in [-0.25, -0.2) is 13.1 Å². The highest BCUT2D eigenvalue weighted by molar-refractivity contribution is 7.89. The molecule has 35 heavy (non-hydrogen) atoms. The minimum atomic E-state index is -3.97. The Morgan fingerprint density at radius 2 is 1.60 bits per heavy atom. The van der Waals surface area contributed by atoms with E-state index in [2.05, 4.69) is 20.7 Å². The number of aromatic nitrogens is 2. The monoisotopic (exact) mass is 499 g/mol. The first-order chi connectivity index (χ1) is 16.3. The molecule has 0 unspecified atom stereocenters. The highest BCUT2D eigenvalue weighted by atomic mass is 32.2. The molecule has 0 aliphatic carbocycles. The Balaban J connectivity index is 1.70. The Morgan fingerprint density at radius 3 is 2.17 bits per heavy atom. The van der Waals surface area contributed by atoms with Gasteiger partial charge in [0.05, 0.1) is 16.3 Å². The van der Waals surface area contributed by atoms with E-state index >= 15 is 0 Å². The van der Waals surface area contributed by atoms with Gasteiger partial charge in [-0.15, -0.1) is 0 Å². The first-order valence-electron chi connectivity index (χ1n) is 11.1. The molecule has 10 nitrogen and oxygen atoms in total. The summed E-state index contributed by atoms with van der Waals surface area (Å²) in [7, 11) is -3.97. The summed E-state index contributed by atoms with van der Waals surface area (Å²) in [4.78, 5) is 37.7. The van der Waals surface area contributed by atoms with Crippen molar-refractivity contribution < 1.29 is 18.0 Å². The van der Waals surface area contributed by atoms with Crippen LogP contribution in [0.4, 0.5) is 0 Å². The van der Waals surface area contributed by atoms with Crippen LogP contribution in [0.2, 0.25) is 0 Å². The maximum atomic E-state index is 12.7. The van der Waals surface area contributed by atoms with Gasteiger partial charge in [0.15, 0.2) is 5.69 Å². The maximum absolute atomic E-state index is 12.7. The number of benzene rings is 2. The van der Waals surface area contributed by atoms with Crippen molar-refractivity contribution in [1.82, 2.24) is 25.4 Å². The molecule has 0 aliphatic heterocycles. The molecular formula is C24H29N5O5S. The van der Waals surface area contributed by atoms with Crippen LogP contribution in [-0.2, 0) is 26.8 Å². The molecule has 2 aromatic carbocycles. The zero-order chi connectivity index (χ0) is 26.0. The molecule has 11 heteroatoms. The number of nitrogens with one attached hydrogen (secondary N) is 3. The van der Waals surface area contributed by atoms with Gasteiger partial charge in [0.25, 0.3) is 17.4 Å². The molecule has 1 atom stereocenters. The Morgan fingerprint density at radius 1 is 1.00 bits per heavy atom. The molecule has 1 heterocycles. The van der Waals surface area contributed by atoms with Gasteiger partial charge < -0.3 is 0 Å². The van der Waals surface area contributed by atoms with Crippen molar-refractivity contribution in [3.05, 3.63) is 70.1 Å². The van der Waals surface area contributed by atoms with E-state index < -0.39 is 27.9 Å². The van der Waals surface area contributed by atoms with Crippen molar-refractivity contribution in [2.45, 2.75) is 57.5 Å². The molecule has 0 bridgehead atoms. The minimum Gasteiger partial charge on any atom is -0.271 e. The largest absolute Gasteiger partial charge is 0.290 e. The Hall–Kier alpha value is -3.57. The maximum Gasteiger partial charge on any atom is 0.290 e. The quantitative estimate of drug-likeness (QED) is 0.442. The predicted molar refractivity (Wildman–Crippen MR) is 132 cm³/mol. The number of carbonyl (C=O) groups excluding carboxylic acids is 2. The van der Waals surface area contributed by atoms with Crippen molar-refractivity contribution in [2.75, 3.05) is 0 Å². The van der Waals surface area contributed by atoms with E-state index in [1.165, 1.54) is 19.1 Å². The third-order valence-corrected chi connectivity index (χ3v) is 6.99. The fraction of sp³-hybridized carbons (Fsp3) is 0.333. The van der Waals surface area contributed by atoms with Crippen LogP contribution in [0, 0.1) is 0 Å². The third-order valence-electron chi connectivity index (χ3n) is 5.44. The summed E-state index contributed by atoms with van der Waals surface area (Å²) in [6, 6.07) is 11.8.